The van der Waals surface area contributed by atoms with Crippen LogP contribution in [0.4, 0.5) is 13.2 Å². The molecule has 5 nitrogen and oxygen atoms in total. The van der Waals surface area contributed by atoms with Gasteiger partial charge in [-0.1, -0.05) is 0 Å². The third-order valence-corrected chi connectivity index (χ3v) is 0.434. The summed E-state index contributed by atoms with van der Waals surface area (Å²) in [5.74, 6) is -2.74. The van der Waals surface area contributed by atoms with Gasteiger partial charge in [0.2, 0.25) is 0 Å². The van der Waals surface area contributed by atoms with Gasteiger partial charge in [-0.3, -0.25) is 0 Å². The number of halogens is 3. The number of hydrogen-bond donors (Lipinski definition) is 0. The zero-order chi connectivity index (χ0) is 9.07. The van der Waals surface area contributed by atoms with Crippen molar-refractivity contribution >= 4 is 13.3 Å². The molecular formula is C2BF3O5-2. The molecule has 0 fully saturated rings. The van der Waals surface area contributed by atoms with Crippen molar-refractivity contribution in [2.45, 2.75) is 6.18 Å². The van der Waals surface area contributed by atoms with Crippen LogP contribution in [0.2, 0.25) is 0 Å². The molecule has 64 valence electrons. The molecule has 0 rings (SSSR count). The normalized spacial score (nSPS) is 11.0. The minimum Gasteiger partial charge on any atom is -0.867 e. The largest absolute Gasteiger partial charge is 0.867 e. The van der Waals surface area contributed by atoms with Crippen molar-refractivity contribution in [1.29, 1.82) is 0 Å². The molecule has 0 aromatic carbocycles. The summed E-state index contributed by atoms with van der Waals surface area (Å²) in [5.41, 5.74) is 0. The van der Waals surface area contributed by atoms with Crippen LogP contribution in [0.25, 0.3) is 0 Å². The number of carbonyl (C=O) groups is 1. The van der Waals surface area contributed by atoms with E-state index in [2.05, 4.69) is 9.69 Å². The van der Waals surface area contributed by atoms with E-state index in [4.69, 9.17) is 0 Å². The van der Waals surface area contributed by atoms with Crippen LogP contribution in [0.1, 0.15) is 0 Å². The molecule has 0 atom stereocenters. The van der Waals surface area contributed by atoms with Crippen molar-refractivity contribution in [1.82, 2.24) is 0 Å². The maximum Gasteiger partial charge on any atom is 0.494 e. The maximum absolute atomic E-state index is 11.1. The monoisotopic (exact) mass is 172 g/mol. The third kappa shape index (κ3) is 4.59. The van der Waals surface area contributed by atoms with Gasteiger partial charge < -0.3 is 19.7 Å². The van der Waals surface area contributed by atoms with E-state index >= 15 is 0 Å². The molecule has 0 heterocycles. The Morgan fingerprint density at radius 1 is 1.36 bits per heavy atom. The van der Waals surface area contributed by atoms with E-state index in [-0.39, 0.29) is 0 Å². The molecule has 0 bridgehead atoms. The molecule has 0 N–H and O–H groups in total. The molecule has 0 aliphatic heterocycles. The van der Waals surface area contributed by atoms with Crippen LogP contribution in [0.15, 0.2) is 0 Å². The van der Waals surface area contributed by atoms with Crippen molar-refractivity contribution in [3.8, 4) is 0 Å². The second-order valence-electron chi connectivity index (χ2n) is 1.25. The molecule has 0 unspecified atom stereocenters. The van der Waals surface area contributed by atoms with Crippen LogP contribution in [0.3, 0.4) is 0 Å². The average Bonchev–Trinajstić information content (AvgIpc) is 1.80. The van der Waals surface area contributed by atoms with Gasteiger partial charge in [0.15, 0.2) is 0 Å². The first-order valence-electron chi connectivity index (χ1n) is 2.10. The van der Waals surface area contributed by atoms with Crippen LogP contribution in [0.5, 0.6) is 0 Å². The molecule has 0 saturated heterocycles. The summed E-state index contributed by atoms with van der Waals surface area (Å²) in [7, 11) is -3.08. The zero-order valence-electron chi connectivity index (χ0n) is 4.75. The molecule has 0 radical (unpaired) electrons. The van der Waals surface area contributed by atoms with Crippen molar-refractivity contribution in [2.75, 3.05) is 0 Å². The molecule has 0 aliphatic carbocycles. The molecule has 9 heteroatoms. The summed E-state index contributed by atoms with van der Waals surface area (Å²) in [6.45, 7) is 0. The summed E-state index contributed by atoms with van der Waals surface area (Å²) in [4.78, 5) is 15.2. The highest BCUT2D eigenvalue weighted by molar-refractivity contribution is 6.28. The average molecular weight is 172 g/mol. The predicted octanol–water partition coefficient (Wildman–Crippen LogP) is -2.27. The van der Waals surface area contributed by atoms with Crippen molar-refractivity contribution in [2.24, 2.45) is 0 Å². The number of alkyl halides is 3. The molecule has 0 spiro atoms. The predicted molar refractivity (Wildman–Crippen MR) is 19.0 cm³/mol. The number of carbonyl (C=O) groups excluding carboxylic acids is 1. The van der Waals surface area contributed by atoms with E-state index < -0.39 is 19.5 Å². The Balaban J connectivity index is 3.71. The van der Waals surface area contributed by atoms with Gasteiger partial charge in [-0.15, -0.1) is 0 Å². The van der Waals surface area contributed by atoms with Gasteiger partial charge in [-0.25, -0.2) is 4.79 Å². The van der Waals surface area contributed by atoms with E-state index in [1.165, 1.54) is 0 Å². The lowest BCUT2D eigenvalue weighted by molar-refractivity contribution is -0.423. The first-order chi connectivity index (χ1) is 4.84. The summed E-state index contributed by atoms with van der Waals surface area (Å²) in [6.07, 6.45) is -5.27. The molecule has 11 heavy (non-hydrogen) atoms. The Hall–Kier alpha value is -0.795. The molecule has 0 aliphatic rings. The summed E-state index contributed by atoms with van der Waals surface area (Å²) >= 11 is 0. The molecule has 0 aromatic rings. The van der Waals surface area contributed by atoms with E-state index in [0.717, 1.165) is 0 Å². The van der Waals surface area contributed by atoms with Crippen LogP contribution in [0, 0.1) is 0 Å². The second kappa shape index (κ2) is 3.55. The van der Waals surface area contributed by atoms with Gasteiger partial charge in [0, 0.05) is 0 Å². The van der Waals surface area contributed by atoms with E-state index in [9.17, 15) is 28.0 Å². The summed E-state index contributed by atoms with van der Waals surface area (Å²) in [5, 5.41) is 18.7. The smallest absolute Gasteiger partial charge is 0.494 e. The first kappa shape index (κ1) is 10.2. The Morgan fingerprint density at radius 3 is 2.09 bits per heavy atom. The molecule has 0 saturated carbocycles. The Morgan fingerprint density at radius 2 is 1.82 bits per heavy atom. The maximum atomic E-state index is 11.1. The standard InChI is InChI=1S/C2BF3O5/c4-2(5,6)1(7)10-11-3(8)9/q-2. The van der Waals surface area contributed by atoms with E-state index in [0.29, 0.717) is 0 Å². The van der Waals surface area contributed by atoms with Gasteiger partial charge in [0.25, 0.3) is 0 Å². The number of rotatable bonds is 2. The lowest BCUT2D eigenvalue weighted by Crippen LogP contribution is -2.48. The Labute approximate surface area is 58.4 Å². The highest BCUT2D eigenvalue weighted by atomic mass is 19.4. The van der Waals surface area contributed by atoms with Crippen molar-refractivity contribution in [3.63, 3.8) is 0 Å². The Bertz CT molecular complexity index is 143. The topological polar surface area (TPSA) is 81.7 Å². The molecule has 0 aromatic heterocycles. The van der Waals surface area contributed by atoms with Crippen LogP contribution >= 0.6 is 0 Å². The second-order valence-corrected chi connectivity index (χ2v) is 1.25. The first-order valence-corrected chi connectivity index (χ1v) is 2.10. The third-order valence-electron chi connectivity index (χ3n) is 0.434. The lowest BCUT2D eigenvalue weighted by atomic mass is 10.3. The van der Waals surface area contributed by atoms with Crippen LogP contribution in [-0.2, 0) is 14.5 Å². The quantitative estimate of drug-likeness (QED) is 0.266. The van der Waals surface area contributed by atoms with Crippen molar-refractivity contribution in [3.05, 3.63) is 0 Å². The highest BCUT2D eigenvalue weighted by Gasteiger charge is 2.41. The van der Waals surface area contributed by atoms with Crippen LogP contribution in [-0.4, -0.2) is 19.5 Å². The highest BCUT2D eigenvalue weighted by Crippen LogP contribution is 2.16. The Kier molecular flexibility index (Phi) is 3.30. The number of hydrogen-bond acceptors (Lipinski definition) is 5. The fourth-order valence-corrected chi connectivity index (χ4v) is 0.130. The zero-order valence-corrected chi connectivity index (χ0v) is 4.75. The van der Waals surface area contributed by atoms with E-state index in [1.807, 2.05) is 0 Å². The van der Waals surface area contributed by atoms with Gasteiger partial charge >= 0.3 is 12.1 Å². The SMILES string of the molecule is O=C(OOB([O-])[O-])C(F)(F)F. The van der Waals surface area contributed by atoms with Gasteiger partial charge in [-0.05, 0) is 0 Å². The minimum absolute atomic E-state index is 2.74. The fourth-order valence-electron chi connectivity index (χ4n) is 0.130. The van der Waals surface area contributed by atoms with Gasteiger partial charge in [0.05, 0.1) is 0 Å². The van der Waals surface area contributed by atoms with Crippen LogP contribution < -0.4 is 10.0 Å². The fraction of sp³-hybridized carbons (Fsp3) is 0.500. The minimum atomic E-state index is -5.27. The van der Waals surface area contributed by atoms with Crippen molar-refractivity contribution < 1.29 is 37.7 Å². The summed E-state index contributed by atoms with van der Waals surface area (Å²) in [6, 6.07) is 0. The van der Waals surface area contributed by atoms with Gasteiger partial charge in [0.1, 0.15) is 7.32 Å². The molecule has 0 amide bonds. The lowest BCUT2D eigenvalue weighted by Gasteiger charge is -2.22. The van der Waals surface area contributed by atoms with Gasteiger partial charge in [-0.2, -0.15) is 13.2 Å². The van der Waals surface area contributed by atoms with E-state index in [1.54, 1.807) is 0 Å². The summed E-state index contributed by atoms with van der Waals surface area (Å²) < 4.78 is 33.4. The molecular weight excluding hydrogens is 172 g/mol.